The standard InChI is InChI=1S/C37H35F5N6O4.BrH/c1-23-15-26(37(40,41)42)6-10-31(23)34(49)45-27-20-43-36(44-21-27)52-29-9-5-25-16-33(46(2)32(25)17-29)35(50)48-13-11-47(12-14-48)22-24-3-7-28(8-4-24)51-30(18-38)19-39;/h3-10,15-17,20-21,30H,11-14,18-19,22H2,1-2H3,(H,45,49);1H. The number of aryl methyl sites for hydroxylation is 2. The summed E-state index contributed by atoms with van der Waals surface area (Å²) in [7, 11) is 1.80. The predicted molar refractivity (Wildman–Crippen MR) is 193 cm³/mol. The van der Waals surface area contributed by atoms with Crippen molar-refractivity contribution in [2.45, 2.75) is 25.7 Å². The average molecular weight is 804 g/mol. The second-order valence-corrected chi connectivity index (χ2v) is 12.4. The van der Waals surface area contributed by atoms with Crippen LogP contribution < -0.4 is 14.8 Å². The van der Waals surface area contributed by atoms with Gasteiger partial charge in [0, 0.05) is 56.8 Å². The first-order chi connectivity index (χ1) is 24.9. The van der Waals surface area contributed by atoms with E-state index in [0.717, 1.165) is 34.7 Å². The summed E-state index contributed by atoms with van der Waals surface area (Å²) in [5.41, 5.74) is 1.95. The molecule has 0 unspecified atom stereocenters. The second-order valence-electron chi connectivity index (χ2n) is 12.4. The molecular weight excluding hydrogens is 767 g/mol. The quantitative estimate of drug-likeness (QED) is 0.138. The monoisotopic (exact) mass is 802 g/mol. The number of carbonyl (C=O) groups excluding carboxylic acids is 2. The molecule has 3 heterocycles. The van der Waals surface area contributed by atoms with Gasteiger partial charge in [-0.3, -0.25) is 14.5 Å². The molecule has 1 aliphatic heterocycles. The Morgan fingerprint density at radius 3 is 2.17 bits per heavy atom. The number of ether oxygens (including phenoxy) is 2. The Labute approximate surface area is 312 Å². The Kier molecular flexibility index (Phi) is 12.3. The molecule has 280 valence electrons. The van der Waals surface area contributed by atoms with Crippen LogP contribution in [0.1, 0.15) is 37.5 Å². The van der Waals surface area contributed by atoms with E-state index in [-0.39, 0.29) is 45.7 Å². The van der Waals surface area contributed by atoms with Crippen molar-refractivity contribution < 1.29 is 41.0 Å². The Bertz CT molecular complexity index is 2050. The zero-order chi connectivity index (χ0) is 37.0. The van der Waals surface area contributed by atoms with E-state index >= 15 is 0 Å². The molecule has 0 saturated carbocycles. The van der Waals surface area contributed by atoms with Gasteiger partial charge >= 0.3 is 12.2 Å². The molecule has 6 rings (SSSR count). The number of anilines is 1. The highest BCUT2D eigenvalue weighted by molar-refractivity contribution is 8.93. The van der Waals surface area contributed by atoms with E-state index in [0.29, 0.717) is 49.9 Å². The molecule has 2 amide bonds. The highest BCUT2D eigenvalue weighted by Crippen LogP contribution is 2.31. The fourth-order valence-corrected chi connectivity index (χ4v) is 5.91. The van der Waals surface area contributed by atoms with Gasteiger partial charge in [-0.15, -0.1) is 17.0 Å². The lowest BCUT2D eigenvalue weighted by Gasteiger charge is -2.34. The fraction of sp³-hybridized carbons (Fsp3) is 0.297. The lowest BCUT2D eigenvalue weighted by Crippen LogP contribution is -2.48. The zero-order valence-electron chi connectivity index (χ0n) is 28.7. The van der Waals surface area contributed by atoms with Gasteiger partial charge in [-0.05, 0) is 66.6 Å². The normalized spacial score (nSPS) is 13.5. The first-order valence-corrected chi connectivity index (χ1v) is 16.4. The molecule has 16 heteroatoms. The van der Waals surface area contributed by atoms with Crippen LogP contribution >= 0.6 is 17.0 Å². The number of aromatic nitrogens is 3. The Balaban J connectivity index is 0.00000541. The molecular formula is C37H36BrF5N6O4. The third-order valence-corrected chi connectivity index (χ3v) is 8.77. The van der Waals surface area contributed by atoms with Crippen LogP contribution in [0.5, 0.6) is 17.5 Å². The minimum absolute atomic E-state index is 0. The van der Waals surface area contributed by atoms with E-state index in [1.165, 1.54) is 19.3 Å². The van der Waals surface area contributed by atoms with Crippen molar-refractivity contribution in [2.24, 2.45) is 7.05 Å². The van der Waals surface area contributed by atoms with Crippen LogP contribution in [0.2, 0.25) is 0 Å². The van der Waals surface area contributed by atoms with Crippen molar-refractivity contribution in [2.75, 3.05) is 44.8 Å². The summed E-state index contributed by atoms with van der Waals surface area (Å²) in [6, 6.07) is 17.2. The van der Waals surface area contributed by atoms with Crippen LogP contribution in [0, 0.1) is 6.92 Å². The summed E-state index contributed by atoms with van der Waals surface area (Å²) in [6.45, 7) is 2.74. The molecule has 0 aliphatic carbocycles. The number of hydrogen-bond acceptors (Lipinski definition) is 7. The highest BCUT2D eigenvalue weighted by atomic mass is 79.9. The zero-order valence-corrected chi connectivity index (χ0v) is 30.4. The molecule has 2 aromatic heterocycles. The molecule has 3 aromatic carbocycles. The number of rotatable bonds is 11. The predicted octanol–water partition coefficient (Wildman–Crippen LogP) is 7.56. The number of alkyl halides is 5. The number of fused-ring (bicyclic) bond motifs is 1. The van der Waals surface area contributed by atoms with Gasteiger partial charge in [0.15, 0.2) is 6.10 Å². The van der Waals surface area contributed by atoms with E-state index in [2.05, 4.69) is 20.2 Å². The first kappa shape index (κ1) is 39.1. The Hall–Kier alpha value is -5.09. The fourth-order valence-electron chi connectivity index (χ4n) is 5.91. The number of halogens is 6. The first-order valence-electron chi connectivity index (χ1n) is 16.4. The van der Waals surface area contributed by atoms with E-state index in [4.69, 9.17) is 9.47 Å². The number of nitrogens with one attached hydrogen (secondary N) is 1. The van der Waals surface area contributed by atoms with Crippen LogP contribution in [-0.2, 0) is 19.8 Å². The number of carbonyl (C=O) groups is 2. The topological polar surface area (TPSA) is 102 Å². The maximum atomic E-state index is 13.6. The molecule has 1 saturated heterocycles. The van der Waals surface area contributed by atoms with E-state index in [1.807, 2.05) is 29.2 Å². The van der Waals surface area contributed by atoms with E-state index in [1.54, 1.807) is 35.9 Å². The van der Waals surface area contributed by atoms with Gasteiger partial charge in [0.25, 0.3) is 11.8 Å². The van der Waals surface area contributed by atoms with Gasteiger partial charge in [0.1, 0.15) is 30.5 Å². The van der Waals surface area contributed by atoms with Gasteiger partial charge in [-0.25, -0.2) is 18.7 Å². The maximum absolute atomic E-state index is 13.6. The largest absolute Gasteiger partial charge is 0.485 e. The molecule has 0 spiro atoms. The van der Waals surface area contributed by atoms with Crippen molar-refractivity contribution in [3.05, 3.63) is 107 Å². The number of nitrogens with zero attached hydrogens (tertiary/aromatic N) is 5. The van der Waals surface area contributed by atoms with E-state index < -0.39 is 37.1 Å². The van der Waals surface area contributed by atoms with Crippen LogP contribution in [0.4, 0.5) is 27.6 Å². The number of piperazine rings is 1. The smallest absolute Gasteiger partial charge is 0.416 e. The van der Waals surface area contributed by atoms with Crippen LogP contribution in [0.15, 0.2) is 79.1 Å². The lowest BCUT2D eigenvalue weighted by atomic mass is 10.0. The van der Waals surface area contributed by atoms with Gasteiger partial charge in [0.05, 0.1) is 29.2 Å². The highest BCUT2D eigenvalue weighted by Gasteiger charge is 2.31. The van der Waals surface area contributed by atoms with Crippen LogP contribution in [-0.4, -0.2) is 81.8 Å². The van der Waals surface area contributed by atoms with Gasteiger partial charge in [-0.1, -0.05) is 12.1 Å². The molecule has 0 atom stereocenters. The third kappa shape index (κ3) is 9.29. The minimum Gasteiger partial charge on any atom is -0.485 e. The molecule has 1 N–H and O–H groups in total. The van der Waals surface area contributed by atoms with Gasteiger partial charge < -0.3 is 24.3 Å². The number of hydrogen-bond donors (Lipinski definition) is 1. The van der Waals surface area contributed by atoms with Gasteiger partial charge in [-0.2, -0.15) is 13.2 Å². The molecule has 1 fully saturated rings. The summed E-state index contributed by atoms with van der Waals surface area (Å²) in [4.78, 5) is 38.6. The van der Waals surface area contributed by atoms with Crippen molar-refractivity contribution >= 4 is 45.4 Å². The second kappa shape index (κ2) is 16.7. The van der Waals surface area contributed by atoms with Crippen molar-refractivity contribution in [3.63, 3.8) is 0 Å². The third-order valence-electron chi connectivity index (χ3n) is 8.77. The summed E-state index contributed by atoms with van der Waals surface area (Å²) < 4.78 is 77.4. The molecule has 0 radical (unpaired) electrons. The number of amides is 2. The summed E-state index contributed by atoms with van der Waals surface area (Å²) >= 11 is 0. The molecule has 0 bridgehead atoms. The summed E-state index contributed by atoms with van der Waals surface area (Å²) in [6.07, 6.45) is -2.97. The Morgan fingerprint density at radius 1 is 0.887 bits per heavy atom. The maximum Gasteiger partial charge on any atom is 0.416 e. The van der Waals surface area contributed by atoms with Crippen LogP contribution in [0.3, 0.4) is 0 Å². The van der Waals surface area contributed by atoms with Crippen molar-refractivity contribution in [3.8, 4) is 17.5 Å². The minimum atomic E-state index is -4.51. The van der Waals surface area contributed by atoms with Crippen molar-refractivity contribution in [1.82, 2.24) is 24.3 Å². The summed E-state index contributed by atoms with van der Waals surface area (Å²) in [5, 5.41) is 3.42. The molecule has 5 aromatic rings. The molecule has 10 nitrogen and oxygen atoms in total. The van der Waals surface area contributed by atoms with E-state index in [9.17, 15) is 31.5 Å². The Morgan fingerprint density at radius 2 is 1.55 bits per heavy atom. The average Bonchev–Trinajstić information content (AvgIpc) is 3.46. The SMILES string of the molecule is Br.Cc1cc(C(F)(F)F)ccc1C(=O)Nc1cnc(Oc2ccc3cc(C(=O)N4CCN(Cc5ccc(OC(CF)CF)cc5)CC4)n(C)c3c2)nc1. The van der Waals surface area contributed by atoms with Gasteiger partial charge in [0.2, 0.25) is 0 Å². The number of benzene rings is 3. The lowest BCUT2D eigenvalue weighted by molar-refractivity contribution is -0.137. The van der Waals surface area contributed by atoms with Crippen LogP contribution in [0.25, 0.3) is 10.9 Å². The molecule has 1 aliphatic rings. The van der Waals surface area contributed by atoms with Crippen molar-refractivity contribution in [1.29, 1.82) is 0 Å². The summed E-state index contributed by atoms with van der Waals surface area (Å²) in [5.74, 6) is 0.134. The molecule has 53 heavy (non-hydrogen) atoms.